The average Bonchev–Trinajstić information content (AvgIpc) is 3.09. The van der Waals surface area contributed by atoms with Crippen molar-refractivity contribution in [1.29, 1.82) is 0 Å². The minimum absolute atomic E-state index is 0.312. The standard InChI is InChI=1S/C18H36N2O/c1-16(2)13-19-14-18(9-5-6-10-18)15-20(11-12-21)17-7-3-4-8-17/h16-17,19,21H,3-15H2,1-2H3. The molecule has 3 heteroatoms. The lowest BCUT2D eigenvalue weighted by atomic mass is 9.84. The first-order valence-corrected chi connectivity index (χ1v) is 9.21. The van der Waals surface area contributed by atoms with E-state index in [-0.39, 0.29) is 0 Å². The first kappa shape index (κ1) is 17.2. The predicted molar refractivity (Wildman–Crippen MR) is 89.5 cm³/mol. The Morgan fingerprint density at radius 3 is 2.38 bits per heavy atom. The Kier molecular flexibility index (Phi) is 6.97. The zero-order chi connectivity index (χ0) is 15.1. The van der Waals surface area contributed by atoms with E-state index >= 15 is 0 Å². The van der Waals surface area contributed by atoms with Gasteiger partial charge in [-0.3, -0.25) is 4.90 Å². The monoisotopic (exact) mass is 296 g/mol. The normalized spacial score (nSPS) is 22.7. The van der Waals surface area contributed by atoms with Crippen LogP contribution < -0.4 is 5.32 Å². The Morgan fingerprint density at radius 1 is 1.14 bits per heavy atom. The third-order valence-corrected chi connectivity index (χ3v) is 5.48. The van der Waals surface area contributed by atoms with E-state index in [1.807, 2.05) is 0 Å². The summed E-state index contributed by atoms with van der Waals surface area (Å²) in [6.07, 6.45) is 11.0. The van der Waals surface area contributed by atoms with Gasteiger partial charge >= 0.3 is 0 Å². The van der Waals surface area contributed by atoms with Crippen LogP contribution in [0.1, 0.15) is 65.2 Å². The highest BCUT2D eigenvalue weighted by molar-refractivity contribution is 4.92. The van der Waals surface area contributed by atoms with Crippen LogP contribution in [0.4, 0.5) is 0 Å². The fraction of sp³-hybridized carbons (Fsp3) is 1.00. The topological polar surface area (TPSA) is 35.5 Å². The Labute approximate surface area is 131 Å². The van der Waals surface area contributed by atoms with E-state index < -0.39 is 0 Å². The lowest BCUT2D eigenvalue weighted by Crippen LogP contribution is -2.47. The van der Waals surface area contributed by atoms with Crippen molar-refractivity contribution in [2.45, 2.75) is 71.3 Å². The van der Waals surface area contributed by atoms with Gasteiger partial charge in [-0.1, -0.05) is 39.5 Å². The molecule has 0 heterocycles. The third-order valence-electron chi connectivity index (χ3n) is 5.48. The first-order chi connectivity index (χ1) is 10.2. The second-order valence-corrected chi connectivity index (χ2v) is 7.86. The second kappa shape index (κ2) is 8.50. The lowest BCUT2D eigenvalue weighted by molar-refractivity contribution is 0.0888. The highest BCUT2D eigenvalue weighted by Gasteiger charge is 2.37. The van der Waals surface area contributed by atoms with Crippen molar-refractivity contribution in [3.05, 3.63) is 0 Å². The molecule has 21 heavy (non-hydrogen) atoms. The van der Waals surface area contributed by atoms with Gasteiger partial charge in [0.2, 0.25) is 0 Å². The molecule has 0 aromatic carbocycles. The maximum Gasteiger partial charge on any atom is 0.0558 e. The fourth-order valence-corrected chi connectivity index (χ4v) is 4.36. The van der Waals surface area contributed by atoms with Crippen LogP contribution in [-0.4, -0.2) is 48.8 Å². The second-order valence-electron chi connectivity index (χ2n) is 7.86. The number of hydrogen-bond acceptors (Lipinski definition) is 3. The average molecular weight is 296 g/mol. The van der Waals surface area contributed by atoms with Gasteiger partial charge in [0.15, 0.2) is 0 Å². The van der Waals surface area contributed by atoms with E-state index in [9.17, 15) is 5.11 Å². The molecule has 0 radical (unpaired) electrons. The van der Waals surface area contributed by atoms with Crippen molar-refractivity contribution in [3.63, 3.8) is 0 Å². The molecule has 2 N–H and O–H groups in total. The van der Waals surface area contributed by atoms with Crippen molar-refractivity contribution >= 4 is 0 Å². The fourth-order valence-electron chi connectivity index (χ4n) is 4.36. The number of aliphatic hydroxyl groups is 1. The molecule has 0 aromatic rings. The van der Waals surface area contributed by atoms with E-state index in [1.165, 1.54) is 64.5 Å². The molecule has 0 unspecified atom stereocenters. The van der Waals surface area contributed by atoms with Crippen molar-refractivity contribution in [2.24, 2.45) is 11.3 Å². The van der Waals surface area contributed by atoms with Crippen molar-refractivity contribution < 1.29 is 5.11 Å². The summed E-state index contributed by atoms with van der Waals surface area (Å²) >= 11 is 0. The van der Waals surface area contributed by atoms with Crippen molar-refractivity contribution in [3.8, 4) is 0 Å². The van der Waals surface area contributed by atoms with Gasteiger partial charge < -0.3 is 10.4 Å². The van der Waals surface area contributed by atoms with Crippen LogP contribution in [0.2, 0.25) is 0 Å². The Morgan fingerprint density at radius 2 is 1.81 bits per heavy atom. The number of nitrogens with one attached hydrogen (secondary N) is 1. The SMILES string of the molecule is CC(C)CNCC1(CN(CCO)C2CCCC2)CCCC1. The van der Waals surface area contributed by atoms with Crippen LogP contribution >= 0.6 is 0 Å². The molecule has 2 aliphatic rings. The van der Waals surface area contributed by atoms with Gasteiger partial charge in [-0.15, -0.1) is 0 Å². The number of rotatable bonds is 9. The van der Waals surface area contributed by atoms with E-state index in [4.69, 9.17) is 0 Å². The van der Waals surface area contributed by atoms with Crippen LogP contribution in [0.5, 0.6) is 0 Å². The molecule has 0 aliphatic heterocycles. The molecule has 2 saturated carbocycles. The summed E-state index contributed by atoms with van der Waals surface area (Å²) < 4.78 is 0. The van der Waals surface area contributed by atoms with Gasteiger partial charge in [-0.05, 0) is 43.6 Å². The molecule has 0 bridgehead atoms. The molecule has 0 atom stereocenters. The van der Waals surface area contributed by atoms with Gasteiger partial charge in [0.25, 0.3) is 0 Å². The highest BCUT2D eigenvalue weighted by Crippen LogP contribution is 2.39. The molecule has 0 amide bonds. The number of nitrogens with zero attached hydrogens (tertiary/aromatic N) is 1. The molecule has 2 fully saturated rings. The predicted octanol–water partition coefficient (Wildman–Crippen LogP) is 3.03. The lowest BCUT2D eigenvalue weighted by Gasteiger charge is -2.38. The maximum atomic E-state index is 9.45. The molecule has 0 spiro atoms. The van der Waals surface area contributed by atoms with Gasteiger partial charge in [-0.2, -0.15) is 0 Å². The molecular formula is C18H36N2O. The zero-order valence-electron chi connectivity index (χ0n) is 14.2. The van der Waals surface area contributed by atoms with E-state index in [0.717, 1.165) is 25.0 Å². The number of hydrogen-bond donors (Lipinski definition) is 2. The summed E-state index contributed by atoms with van der Waals surface area (Å²) in [5.74, 6) is 0.729. The third kappa shape index (κ3) is 5.22. The highest BCUT2D eigenvalue weighted by atomic mass is 16.3. The van der Waals surface area contributed by atoms with Crippen molar-refractivity contribution in [1.82, 2.24) is 10.2 Å². The first-order valence-electron chi connectivity index (χ1n) is 9.21. The summed E-state index contributed by atoms with van der Waals surface area (Å²) in [6, 6.07) is 0.736. The van der Waals surface area contributed by atoms with Gasteiger partial charge in [0.1, 0.15) is 0 Å². The maximum absolute atomic E-state index is 9.45. The van der Waals surface area contributed by atoms with Crippen LogP contribution in [0.15, 0.2) is 0 Å². The quantitative estimate of drug-likeness (QED) is 0.686. The Balaban J connectivity index is 1.92. The van der Waals surface area contributed by atoms with Crippen LogP contribution in [0.25, 0.3) is 0 Å². The summed E-state index contributed by atoms with van der Waals surface area (Å²) in [7, 11) is 0. The Hall–Kier alpha value is -0.120. The van der Waals surface area contributed by atoms with Crippen molar-refractivity contribution in [2.75, 3.05) is 32.8 Å². The minimum Gasteiger partial charge on any atom is -0.395 e. The zero-order valence-corrected chi connectivity index (χ0v) is 14.2. The molecule has 2 aliphatic carbocycles. The molecule has 0 aromatic heterocycles. The van der Waals surface area contributed by atoms with Gasteiger partial charge in [0.05, 0.1) is 6.61 Å². The summed E-state index contributed by atoms with van der Waals surface area (Å²) in [5, 5.41) is 13.2. The van der Waals surface area contributed by atoms with E-state index in [1.54, 1.807) is 0 Å². The molecule has 124 valence electrons. The smallest absolute Gasteiger partial charge is 0.0558 e. The molecule has 3 nitrogen and oxygen atoms in total. The number of aliphatic hydroxyl groups excluding tert-OH is 1. The molecule has 2 rings (SSSR count). The largest absolute Gasteiger partial charge is 0.395 e. The van der Waals surface area contributed by atoms with E-state index in [0.29, 0.717) is 12.0 Å². The molecule has 0 saturated heterocycles. The minimum atomic E-state index is 0.312. The van der Waals surface area contributed by atoms with Crippen LogP contribution in [0.3, 0.4) is 0 Å². The summed E-state index contributed by atoms with van der Waals surface area (Å²) in [5.41, 5.74) is 0.465. The van der Waals surface area contributed by atoms with Gasteiger partial charge in [-0.25, -0.2) is 0 Å². The summed E-state index contributed by atoms with van der Waals surface area (Å²) in [4.78, 5) is 2.62. The van der Waals surface area contributed by atoms with Gasteiger partial charge in [0, 0.05) is 25.7 Å². The van der Waals surface area contributed by atoms with Crippen LogP contribution in [0, 0.1) is 11.3 Å². The van der Waals surface area contributed by atoms with E-state index in [2.05, 4.69) is 24.1 Å². The molecular weight excluding hydrogens is 260 g/mol. The summed E-state index contributed by atoms with van der Waals surface area (Å²) in [6.45, 7) is 9.24. The Bertz CT molecular complexity index is 281. The van der Waals surface area contributed by atoms with Crippen LogP contribution in [-0.2, 0) is 0 Å².